The van der Waals surface area contributed by atoms with Gasteiger partial charge in [-0.05, 0) is 50.1 Å². The van der Waals surface area contributed by atoms with Crippen LogP contribution >= 0.6 is 11.6 Å². The number of benzene rings is 1. The highest BCUT2D eigenvalue weighted by Gasteiger charge is 2.29. The third kappa shape index (κ3) is 4.50. The molecule has 2 heterocycles. The number of anilines is 2. The average molecular weight is 395 g/mol. The van der Waals surface area contributed by atoms with Crippen molar-refractivity contribution in [2.24, 2.45) is 0 Å². The molecular formula is C17H19ClN4O3S. The molecule has 1 amide bonds. The Labute approximate surface area is 157 Å². The summed E-state index contributed by atoms with van der Waals surface area (Å²) in [4.78, 5) is 21.0. The average Bonchev–Trinajstić information content (AvgIpc) is 2.88. The maximum Gasteiger partial charge on any atom is 0.270 e. The Morgan fingerprint density at radius 2 is 2.00 bits per heavy atom. The summed E-state index contributed by atoms with van der Waals surface area (Å²) in [5.74, 6) is -0.0468. The second-order valence-corrected chi connectivity index (χ2v) is 9.04. The minimum atomic E-state index is -3.06. The van der Waals surface area contributed by atoms with Gasteiger partial charge in [0, 0.05) is 22.4 Å². The fourth-order valence-electron chi connectivity index (χ4n) is 2.80. The minimum Gasteiger partial charge on any atom is -0.347 e. The van der Waals surface area contributed by atoms with Crippen molar-refractivity contribution in [2.75, 3.05) is 16.8 Å². The first-order valence-electron chi connectivity index (χ1n) is 8.12. The van der Waals surface area contributed by atoms with Gasteiger partial charge >= 0.3 is 0 Å². The van der Waals surface area contributed by atoms with Gasteiger partial charge in [-0.3, -0.25) is 4.79 Å². The van der Waals surface area contributed by atoms with Crippen LogP contribution in [-0.2, 0) is 9.84 Å². The molecule has 1 fully saturated rings. The number of carbonyl (C=O) groups is 1. The zero-order valence-electron chi connectivity index (χ0n) is 14.4. The van der Waals surface area contributed by atoms with E-state index in [1.54, 1.807) is 19.1 Å². The van der Waals surface area contributed by atoms with Crippen molar-refractivity contribution in [3.05, 3.63) is 46.2 Å². The maximum atomic E-state index is 12.4. The predicted molar refractivity (Wildman–Crippen MR) is 101 cm³/mol. The smallest absolute Gasteiger partial charge is 0.270 e. The Hall–Kier alpha value is -2.19. The van der Waals surface area contributed by atoms with Gasteiger partial charge in [-0.2, -0.15) is 0 Å². The zero-order valence-corrected chi connectivity index (χ0v) is 16.0. The molecule has 2 N–H and O–H groups in total. The van der Waals surface area contributed by atoms with E-state index in [4.69, 9.17) is 11.6 Å². The van der Waals surface area contributed by atoms with E-state index in [-0.39, 0.29) is 23.2 Å². The highest BCUT2D eigenvalue weighted by molar-refractivity contribution is 7.91. The van der Waals surface area contributed by atoms with E-state index < -0.39 is 15.7 Å². The van der Waals surface area contributed by atoms with Crippen LogP contribution in [0.5, 0.6) is 0 Å². The van der Waals surface area contributed by atoms with Gasteiger partial charge in [0.15, 0.2) is 9.84 Å². The van der Waals surface area contributed by atoms with E-state index in [0.29, 0.717) is 23.1 Å². The second-order valence-electron chi connectivity index (χ2n) is 6.38. The first-order valence-corrected chi connectivity index (χ1v) is 10.3. The summed E-state index contributed by atoms with van der Waals surface area (Å²) in [7, 11) is -3.06. The van der Waals surface area contributed by atoms with Crippen molar-refractivity contribution in [1.29, 1.82) is 0 Å². The molecule has 1 saturated heterocycles. The Morgan fingerprint density at radius 3 is 2.65 bits per heavy atom. The molecule has 0 radical (unpaired) electrons. The number of sulfone groups is 1. The van der Waals surface area contributed by atoms with E-state index in [9.17, 15) is 13.2 Å². The van der Waals surface area contributed by atoms with E-state index in [1.165, 1.54) is 0 Å². The molecule has 0 bridgehead atoms. The lowest BCUT2D eigenvalue weighted by molar-refractivity contribution is 0.0936. The van der Waals surface area contributed by atoms with E-state index in [1.807, 2.05) is 19.1 Å². The van der Waals surface area contributed by atoms with Crippen LogP contribution in [0, 0.1) is 13.8 Å². The van der Waals surface area contributed by atoms with Crippen LogP contribution in [-0.4, -0.2) is 41.8 Å². The first-order chi connectivity index (χ1) is 12.2. The lowest BCUT2D eigenvalue weighted by Gasteiger charge is -2.13. The highest BCUT2D eigenvalue weighted by Crippen LogP contribution is 2.22. The summed E-state index contributed by atoms with van der Waals surface area (Å²) in [6.45, 7) is 3.66. The summed E-state index contributed by atoms with van der Waals surface area (Å²) < 4.78 is 23.1. The number of carbonyl (C=O) groups excluding carboxylic acids is 1. The van der Waals surface area contributed by atoms with Crippen molar-refractivity contribution in [1.82, 2.24) is 15.3 Å². The van der Waals surface area contributed by atoms with Gasteiger partial charge in [0.1, 0.15) is 5.69 Å². The van der Waals surface area contributed by atoms with E-state index in [0.717, 1.165) is 11.3 Å². The predicted octanol–water partition coefficient (Wildman–Crippen LogP) is 2.41. The van der Waals surface area contributed by atoms with Crippen LogP contribution in [0.3, 0.4) is 0 Å². The Bertz CT molecular complexity index is 962. The summed E-state index contributed by atoms with van der Waals surface area (Å²) in [6, 6.07) is 6.57. The fraction of sp³-hybridized carbons (Fsp3) is 0.353. The molecule has 1 aromatic carbocycles. The van der Waals surface area contributed by atoms with Crippen molar-refractivity contribution >= 4 is 39.0 Å². The second kappa shape index (κ2) is 7.20. The SMILES string of the molecule is Cc1cc(C(=O)NC2CCS(=O)(=O)C2)nc(Nc2ccc(Cl)cc2C)n1. The summed E-state index contributed by atoms with van der Waals surface area (Å²) in [5.41, 5.74) is 2.52. The van der Waals surface area contributed by atoms with Gasteiger partial charge in [0.05, 0.1) is 11.5 Å². The molecule has 2 aromatic rings. The molecule has 7 nitrogen and oxygen atoms in total. The van der Waals surface area contributed by atoms with Gasteiger partial charge in [0.25, 0.3) is 5.91 Å². The topological polar surface area (TPSA) is 101 Å². The normalized spacial score (nSPS) is 18.5. The van der Waals surface area contributed by atoms with E-state index >= 15 is 0 Å². The number of aromatic nitrogens is 2. The van der Waals surface area contributed by atoms with Crippen LogP contribution in [0.15, 0.2) is 24.3 Å². The summed E-state index contributed by atoms with van der Waals surface area (Å²) >= 11 is 5.96. The molecule has 138 valence electrons. The zero-order chi connectivity index (χ0) is 18.9. The van der Waals surface area contributed by atoms with Crippen LogP contribution in [0.4, 0.5) is 11.6 Å². The molecule has 1 aliphatic heterocycles. The van der Waals surface area contributed by atoms with E-state index in [2.05, 4.69) is 20.6 Å². The number of halogens is 1. The molecule has 0 aliphatic carbocycles. The molecule has 1 unspecified atom stereocenters. The maximum absolute atomic E-state index is 12.4. The minimum absolute atomic E-state index is 0.0299. The van der Waals surface area contributed by atoms with Gasteiger partial charge in [-0.25, -0.2) is 18.4 Å². The van der Waals surface area contributed by atoms with Crippen molar-refractivity contribution in [3.63, 3.8) is 0 Å². The summed E-state index contributed by atoms with van der Waals surface area (Å²) in [6.07, 6.45) is 0.424. The molecular weight excluding hydrogens is 376 g/mol. The van der Waals surface area contributed by atoms with Crippen LogP contribution in [0.25, 0.3) is 0 Å². The molecule has 3 rings (SSSR count). The van der Waals surface area contributed by atoms with Crippen molar-refractivity contribution in [3.8, 4) is 0 Å². The lowest BCUT2D eigenvalue weighted by Crippen LogP contribution is -2.36. The number of rotatable bonds is 4. The Kier molecular flexibility index (Phi) is 5.15. The Balaban J connectivity index is 1.78. The molecule has 0 saturated carbocycles. The number of hydrogen-bond donors (Lipinski definition) is 2. The summed E-state index contributed by atoms with van der Waals surface area (Å²) in [5, 5.41) is 6.45. The quantitative estimate of drug-likeness (QED) is 0.825. The van der Waals surface area contributed by atoms with Crippen LogP contribution < -0.4 is 10.6 Å². The first kappa shape index (κ1) is 18.6. The molecule has 1 aliphatic rings. The monoisotopic (exact) mass is 394 g/mol. The van der Waals surface area contributed by atoms with Crippen molar-refractivity contribution in [2.45, 2.75) is 26.3 Å². The van der Waals surface area contributed by atoms with Gasteiger partial charge in [-0.15, -0.1) is 0 Å². The fourth-order valence-corrected chi connectivity index (χ4v) is 4.70. The molecule has 1 aromatic heterocycles. The molecule has 1 atom stereocenters. The third-order valence-electron chi connectivity index (χ3n) is 4.09. The number of amides is 1. The van der Waals surface area contributed by atoms with Crippen molar-refractivity contribution < 1.29 is 13.2 Å². The standard InChI is InChI=1S/C17H19ClN4O3S/c1-10-7-12(18)3-4-14(10)21-17-19-11(2)8-15(22-17)16(23)20-13-5-6-26(24,25)9-13/h3-4,7-8,13H,5-6,9H2,1-2H3,(H,20,23)(H,19,21,22). The molecule has 0 spiro atoms. The molecule has 9 heteroatoms. The van der Waals surface area contributed by atoms with Gasteiger partial charge in [0.2, 0.25) is 5.95 Å². The number of nitrogens with one attached hydrogen (secondary N) is 2. The van der Waals surface area contributed by atoms with Gasteiger partial charge < -0.3 is 10.6 Å². The van der Waals surface area contributed by atoms with Gasteiger partial charge in [-0.1, -0.05) is 11.6 Å². The van der Waals surface area contributed by atoms with Crippen LogP contribution in [0.1, 0.15) is 28.2 Å². The number of nitrogens with zero attached hydrogens (tertiary/aromatic N) is 2. The largest absolute Gasteiger partial charge is 0.347 e. The number of aryl methyl sites for hydroxylation is 2. The third-order valence-corrected chi connectivity index (χ3v) is 6.09. The Morgan fingerprint density at radius 1 is 1.23 bits per heavy atom. The number of hydrogen-bond acceptors (Lipinski definition) is 6. The molecule has 26 heavy (non-hydrogen) atoms. The van der Waals surface area contributed by atoms with Crippen LogP contribution in [0.2, 0.25) is 5.02 Å². The highest BCUT2D eigenvalue weighted by atomic mass is 35.5. The lowest BCUT2D eigenvalue weighted by atomic mass is 10.2.